The van der Waals surface area contributed by atoms with Crippen LogP contribution in [0.15, 0.2) is 17.1 Å². The molecule has 6 nitrogen and oxygen atoms in total. The molecule has 8 heteroatoms. The molecule has 0 radical (unpaired) electrons. The molecule has 2 aromatic rings. The van der Waals surface area contributed by atoms with Crippen molar-refractivity contribution in [3.05, 3.63) is 38.9 Å². The summed E-state index contributed by atoms with van der Waals surface area (Å²) in [6, 6.07) is 1.19. The number of pyridine rings is 1. The highest BCUT2D eigenvalue weighted by Crippen LogP contribution is 2.57. The van der Waals surface area contributed by atoms with Gasteiger partial charge in [-0.15, -0.1) is 0 Å². The largest absolute Gasteiger partial charge is 0.477 e. The second-order valence-electron chi connectivity index (χ2n) is 8.36. The van der Waals surface area contributed by atoms with Crippen LogP contribution in [-0.2, 0) is 0 Å². The van der Waals surface area contributed by atoms with Crippen LogP contribution < -0.4 is 10.3 Å². The summed E-state index contributed by atoms with van der Waals surface area (Å²) in [5.41, 5.74) is -0.426. The normalized spacial score (nSPS) is 23.0. The van der Waals surface area contributed by atoms with Gasteiger partial charge >= 0.3 is 5.97 Å². The summed E-state index contributed by atoms with van der Waals surface area (Å²) in [7, 11) is 0. The lowest BCUT2D eigenvalue weighted by atomic mass is 9.94. The quantitative estimate of drug-likeness (QED) is 0.815. The lowest BCUT2D eigenvalue weighted by Gasteiger charge is -2.23. The fourth-order valence-electron chi connectivity index (χ4n) is 4.70. The number of aromatic nitrogens is 1. The van der Waals surface area contributed by atoms with Crippen LogP contribution in [-0.4, -0.2) is 40.4 Å². The van der Waals surface area contributed by atoms with Gasteiger partial charge in [0.1, 0.15) is 11.4 Å². The number of rotatable bonds is 4. The molecule has 5 rings (SSSR count). The molecule has 2 N–H and O–H groups in total. The third kappa shape index (κ3) is 2.49. The zero-order chi connectivity index (χ0) is 19.8. The Morgan fingerprint density at radius 1 is 1.36 bits per heavy atom. The molecule has 0 bridgehead atoms. The molecule has 1 aromatic heterocycles. The molecule has 3 aliphatic rings. The van der Waals surface area contributed by atoms with Crippen molar-refractivity contribution in [2.24, 2.45) is 11.3 Å². The SMILES string of the molecule is O=C(O)c1cn(C2CC2)c2c(Cl)c(N3CC(CO)C4(CC4)C3)c(F)cc2c1=O. The number of fused-ring (bicyclic) bond motifs is 1. The second kappa shape index (κ2) is 5.94. The van der Waals surface area contributed by atoms with Crippen LogP contribution in [0.25, 0.3) is 10.9 Å². The number of hydrogen-bond acceptors (Lipinski definition) is 4. The zero-order valence-electron chi connectivity index (χ0n) is 15.1. The number of benzene rings is 1. The van der Waals surface area contributed by atoms with E-state index in [0.717, 1.165) is 31.7 Å². The predicted molar refractivity (Wildman–Crippen MR) is 103 cm³/mol. The average Bonchev–Trinajstić information content (AvgIpc) is 3.54. The summed E-state index contributed by atoms with van der Waals surface area (Å²) in [5, 5.41) is 19.2. The third-order valence-electron chi connectivity index (χ3n) is 6.60. The Hall–Kier alpha value is -2.12. The van der Waals surface area contributed by atoms with Crippen molar-refractivity contribution < 1.29 is 19.4 Å². The Bertz CT molecular complexity index is 1070. The van der Waals surface area contributed by atoms with Crippen LogP contribution in [0.4, 0.5) is 10.1 Å². The van der Waals surface area contributed by atoms with E-state index in [1.165, 1.54) is 6.20 Å². The maximum atomic E-state index is 15.1. The molecule has 1 aromatic carbocycles. The molecule has 148 valence electrons. The van der Waals surface area contributed by atoms with E-state index in [2.05, 4.69) is 0 Å². The number of aromatic carboxylic acids is 1. The zero-order valence-corrected chi connectivity index (χ0v) is 15.9. The van der Waals surface area contributed by atoms with Gasteiger partial charge < -0.3 is 19.7 Å². The van der Waals surface area contributed by atoms with E-state index in [4.69, 9.17) is 11.6 Å². The molecule has 1 atom stereocenters. The minimum atomic E-state index is -1.33. The van der Waals surface area contributed by atoms with E-state index in [9.17, 15) is 19.8 Å². The van der Waals surface area contributed by atoms with Crippen LogP contribution in [0, 0.1) is 17.2 Å². The predicted octanol–water partition coefficient (Wildman–Crippen LogP) is 3.04. The van der Waals surface area contributed by atoms with Gasteiger partial charge in [-0.05, 0) is 37.2 Å². The standard InChI is InChI=1S/C20H20ClFN2O4/c21-15-16-12(18(26)13(19(27)28)7-24(16)11-1-2-11)5-14(22)17(15)23-6-10(8-25)20(9-23)3-4-20/h5,7,10-11,25H,1-4,6,8-9H2,(H,27,28). The monoisotopic (exact) mass is 406 g/mol. The number of hydrogen-bond donors (Lipinski definition) is 2. The van der Waals surface area contributed by atoms with Crippen molar-refractivity contribution in [1.29, 1.82) is 0 Å². The molecule has 1 saturated heterocycles. The van der Waals surface area contributed by atoms with Gasteiger partial charge in [0, 0.05) is 37.9 Å². The van der Waals surface area contributed by atoms with E-state index < -0.39 is 17.2 Å². The second-order valence-corrected chi connectivity index (χ2v) is 8.73. The van der Waals surface area contributed by atoms with E-state index in [0.29, 0.717) is 18.6 Å². The minimum Gasteiger partial charge on any atom is -0.477 e. The Morgan fingerprint density at radius 3 is 2.61 bits per heavy atom. The Labute approximate surface area is 165 Å². The average molecular weight is 407 g/mol. The van der Waals surface area contributed by atoms with Gasteiger partial charge in [0.05, 0.1) is 21.6 Å². The molecule has 0 amide bonds. The fourth-order valence-corrected chi connectivity index (χ4v) is 5.11. The maximum Gasteiger partial charge on any atom is 0.341 e. The number of carboxylic acid groups (broad SMARTS) is 1. The molecule has 2 saturated carbocycles. The molecule has 3 fully saturated rings. The first-order valence-electron chi connectivity index (χ1n) is 9.52. The number of halogens is 2. The molecule has 28 heavy (non-hydrogen) atoms. The summed E-state index contributed by atoms with van der Waals surface area (Å²) in [6.45, 7) is 1.19. The lowest BCUT2D eigenvalue weighted by molar-refractivity contribution is 0.0695. The number of aliphatic hydroxyl groups excluding tert-OH is 1. The highest BCUT2D eigenvalue weighted by atomic mass is 35.5. The van der Waals surface area contributed by atoms with Gasteiger partial charge in [0.25, 0.3) is 0 Å². The van der Waals surface area contributed by atoms with Crippen molar-refractivity contribution in [1.82, 2.24) is 4.57 Å². The van der Waals surface area contributed by atoms with E-state index in [-0.39, 0.29) is 45.6 Å². The molecular formula is C20H20ClFN2O4. The van der Waals surface area contributed by atoms with Gasteiger partial charge in [0.2, 0.25) is 5.43 Å². The van der Waals surface area contributed by atoms with Gasteiger partial charge in [0.15, 0.2) is 0 Å². The van der Waals surface area contributed by atoms with Crippen molar-refractivity contribution >= 4 is 34.2 Å². The molecule has 1 aliphatic heterocycles. The first kappa shape index (κ1) is 17.9. The molecule has 2 aliphatic carbocycles. The van der Waals surface area contributed by atoms with Gasteiger partial charge in [-0.1, -0.05) is 11.6 Å². The van der Waals surface area contributed by atoms with E-state index >= 15 is 4.39 Å². The lowest BCUT2D eigenvalue weighted by Crippen LogP contribution is -2.24. The number of carboxylic acids is 1. The van der Waals surface area contributed by atoms with Gasteiger partial charge in [-0.25, -0.2) is 9.18 Å². The van der Waals surface area contributed by atoms with Crippen LogP contribution >= 0.6 is 11.6 Å². The minimum absolute atomic E-state index is 0.00269. The van der Waals surface area contributed by atoms with Gasteiger partial charge in [-0.2, -0.15) is 0 Å². The van der Waals surface area contributed by atoms with Crippen molar-refractivity contribution in [3.8, 4) is 0 Å². The summed E-state index contributed by atoms with van der Waals surface area (Å²) >= 11 is 6.66. The summed E-state index contributed by atoms with van der Waals surface area (Å²) in [4.78, 5) is 26.0. The Morgan fingerprint density at radius 2 is 2.07 bits per heavy atom. The van der Waals surface area contributed by atoms with Crippen LogP contribution in [0.3, 0.4) is 0 Å². The molecule has 1 unspecified atom stereocenters. The topological polar surface area (TPSA) is 82.8 Å². The first-order valence-corrected chi connectivity index (χ1v) is 9.90. The van der Waals surface area contributed by atoms with Crippen LogP contribution in [0.1, 0.15) is 42.1 Å². The maximum absolute atomic E-state index is 15.1. The molecular weight excluding hydrogens is 387 g/mol. The van der Waals surface area contributed by atoms with Gasteiger partial charge in [-0.3, -0.25) is 4.79 Å². The number of anilines is 1. The molecule has 1 spiro atoms. The van der Waals surface area contributed by atoms with Crippen molar-refractivity contribution in [3.63, 3.8) is 0 Å². The van der Waals surface area contributed by atoms with Crippen LogP contribution in [0.2, 0.25) is 5.02 Å². The number of carbonyl (C=O) groups is 1. The smallest absolute Gasteiger partial charge is 0.341 e. The third-order valence-corrected chi connectivity index (χ3v) is 6.95. The van der Waals surface area contributed by atoms with E-state index in [1.807, 2.05) is 4.90 Å². The molecule has 2 heterocycles. The highest BCUT2D eigenvalue weighted by Gasteiger charge is 2.55. The Balaban J connectivity index is 1.72. The summed E-state index contributed by atoms with van der Waals surface area (Å²) in [5.74, 6) is -1.88. The number of aliphatic hydroxyl groups is 1. The summed E-state index contributed by atoms with van der Waals surface area (Å²) < 4.78 is 16.8. The number of nitrogens with zero attached hydrogens (tertiary/aromatic N) is 2. The first-order chi connectivity index (χ1) is 13.4. The van der Waals surface area contributed by atoms with Crippen LogP contribution in [0.5, 0.6) is 0 Å². The summed E-state index contributed by atoms with van der Waals surface area (Å²) in [6.07, 6.45) is 5.08. The Kier molecular flexibility index (Phi) is 3.81. The van der Waals surface area contributed by atoms with Crippen molar-refractivity contribution in [2.45, 2.75) is 31.7 Å². The fraction of sp³-hybridized carbons (Fsp3) is 0.500. The highest BCUT2D eigenvalue weighted by molar-refractivity contribution is 6.38. The van der Waals surface area contributed by atoms with E-state index in [1.54, 1.807) is 4.57 Å². The van der Waals surface area contributed by atoms with Crippen molar-refractivity contribution in [2.75, 3.05) is 24.6 Å².